The summed E-state index contributed by atoms with van der Waals surface area (Å²) in [5.74, 6) is 0.410. The van der Waals surface area contributed by atoms with E-state index >= 15 is 0 Å². The average molecular weight is 401 g/mol. The van der Waals surface area contributed by atoms with Crippen molar-refractivity contribution in [2.45, 2.75) is 51.8 Å². The second kappa shape index (κ2) is 10.5. The summed E-state index contributed by atoms with van der Waals surface area (Å²) in [5.41, 5.74) is 2.41. The Morgan fingerprint density at radius 2 is 1.75 bits per heavy atom. The van der Waals surface area contributed by atoms with Gasteiger partial charge in [0.2, 0.25) is 0 Å². The van der Waals surface area contributed by atoms with Gasteiger partial charge in [0.15, 0.2) is 6.10 Å². The number of hydrogen-bond donors (Lipinski definition) is 1. The Morgan fingerprint density at radius 1 is 1.07 bits per heavy atom. The van der Waals surface area contributed by atoms with E-state index in [1.54, 1.807) is 12.1 Å². The molecule has 1 heterocycles. The van der Waals surface area contributed by atoms with Crippen LogP contribution >= 0.6 is 11.6 Å². The molecule has 28 heavy (non-hydrogen) atoms. The van der Waals surface area contributed by atoms with Crippen LogP contribution in [0.1, 0.15) is 43.7 Å². The predicted octanol–water partition coefficient (Wildman–Crippen LogP) is 4.80. The number of amides is 1. The van der Waals surface area contributed by atoms with Gasteiger partial charge < -0.3 is 10.1 Å². The summed E-state index contributed by atoms with van der Waals surface area (Å²) in [6.07, 6.45) is 3.98. The molecule has 0 aliphatic carbocycles. The van der Waals surface area contributed by atoms with E-state index < -0.39 is 6.10 Å². The smallest absolute Gasteiger partial charge is 0.261 e. The molecule has 1 atom stereocenters. The van der Waals surface area contributed by atoms with Crippen molar-refractivity contribution in [1.82, 2.24) is 10.2 Å². The summed E-state index contributed by atoms with van der Waals surface area (Å²) in [4.78, 5) is 15.0. The van der Waals surface area contributed by atoms with Crippen molar-refractivity contribution in [2.24, 2.45) is 0 Å². The minimum absolute atomic E-state index is 0.125. The van der Waals surface area contributed by atoms with Crippen LogP contribution in [0.5, 0.6) is 5.75 Å². The highest BCUT2D eigenvalue weighted by Crippen LogP contribution is 2.24. The Bertz CT molecular complexity index is 757. The number of rotatable bonds is 8. The standard InChI is InChI=1S/C23H29ClN2O2/c1-2-21(28-22-9-5-4-8-20(22)24)23(27)25-16-18-10-12-19(13-11-18)17-26-14-6-3-7-15-26/h4-5,8-13,21H,2-3,6-7,14-17H2,1H3,(H,25,27)/t21-/m1/s1. The van der Waals surface area contributed by atoms with Gasteiger partial charge >= 0.3 is 0 Å². The Labute approximate surface area is 172 Å². The summed E-state index contributed by atoms with van der Waals surface area (Å²) < 4.78 is 5.80. The van der Waals surface area contributed by atoms with E-state index in [1.807, 2.05) is 19.1 Å². The highest BCUT2D eigenvalue weighted by atomic mass is 35.5. The normalized spacial score (nSPS) is 15.8. The zero-order valence-corrected chi connectivity index (χ0v) is 17.3. The number of hydrogen-bond acceptors (Lipinski definition) is 3. The molecule has 0 aromatic heterocycles. The van der Waals surface area contributed by atoms with Crippen LogP contribution in [0.25, 0.3) is 0 Å². The fourth-order valence-corrected chi connectivity index (χ4v) is 3.64. The minimum atomic E-state index is -0.557. The topological polar surface area (TPSA) is 41.6 Å². The lowest BCUT2D eigenvalue weighted by atomic mass is 10.1. The van der Waals surface area contributed by atoms with Gasteiger partial charge in [-0.3, -0.25) is 9.69 Å². The van der Waals surface area contributed by atoms with Gasteiger partial charge in [-0.25, -0.2) is 0 Å². The van der Waals surface area contributed by atoms with Gasteiger partial charge in [0, 0.05) is 13.1 Å². The maximum absolute atomic E-state index is 12.5. The number of likely N-dealkylation sites (tertiary alicyclic amines) is 1. The number of piperidine rings is 1. The van der Waals surface area contributed by atoms with Crippen LogP contribution in [0, 0.1) is 0 Å². The lowest BCUT2D eigenvalue weighted by molar-refractivity contribution is -0.128. The lowest BCUT2D eigenvalue weighted by Gasteiger charge is -2.26. The maximum atomic E-state index is 12.5. The van der Waals surface area contributed by atoms with Crippen molar-refractivity contribution in [3.05, 3.63) is 64.7 Å². The van der Waals surface area contributed by atoms with Gasteiger partial charge in [-0.1, -0.05) is 61.3 Å². The van der Waals surface area contributed by atoms with E-state index in [1.165, 1.54) is 37.9 Å². The van der Waals surface area contributed by atoms with Crippen LogP contribution in [0.3, 0.4) is 0 Å². The molecule has 5 heteroatoms. The second-order valence-corrected chi connectivity index (χ2v) is 7.72. The molecule has 2 aromatic carbocycles. The van der Waals surface area contributed by atoms with Gasteiger partial charge in [0.1, 0.15) is 5.75 Å². The number of halogens is 1. The third kappa shape index (κ3) is 5.98. The number of para-hydroxylation sites is 1. The Morgan fingerprint density at radius 3 is 2.43 bits per heavy atom. The Hall–Kier alpha value is -2.04. The first-order chi connectivity index (χ1) is 13.7. The molecule has 2 aromatic rings. The summed E-state index contributed by atoms with van der Waals surface area (Å²) in [6, 6.07) is 15.7. The van der Waals surface area contributed by atoms with Gasteiger partial charge in [-0.15, -0.1) is 0 Å². The highest BCUT2D eigenvalue weighted by Gasteiger charge is 2.19. The summed E-state index contributed by atoms with van der Waals surface area (Å²) >= 11 is 6.13. The molecule has 1 fully saturated rings. The molecule has 150 valence electrons. The summed E-state index contributed by atoms with van der Waals surface area (Å²) in [5, 5.41) is 3.49. The first-order valence-corrected chi connectivity index (χ1v) is 10.5. The molecule has 1 N–H and O–H groups in total. The average Bonchev–Trinajstić information content (AvgIpc) is 2.73. The molecule has 4 nitrogen and oxygen atoms in total. The molecule has 0 bridgehead atoms. The van der Waals surface area contributed by atoms with Crippen LogP contribution in [-0.2, 0) is 17.9 Å². The van der Waals surface area contributed by atoms with E-state index in [0.717, 1.165) is 12.1 Å². The number of benzene rings is 2. The highest BCUT2D eigenvalue weighted by molar-refractivity contribution is 6.32. The van der Waals surface area contributed by atoms with Gasteiger partial charge in [0.05, 0.1) is 5.02 Å². The molecule has 0 spiro atoms. The largest absolute Gasteiger partial charge is 0.479 e. The number of nitrogens with one attached hydrogen (secondary N) is 1. The van der Waals surface area contributed by atoms with Crippen molar-refractivity contribution in [1.29, 1.82) is 0 Å². The summed E-state index contributed by atoms with van der Waals surface area (Å²) in [7, 11) is 0. The molecule has 0 saturated carbocycles. The zero-order chi connectivity index (χ0) is 19.8. The van der Waals surface area contributed by atoms with Crippen LogP contribution in [0.2, 0.25) is 5.02 Å². The minimum Gasteiger partial charge on any atom is -0.479 e. The third-order valence-corrected chi connectivity index (χ3v) is 5.43. The van der Waals surface area contributed by atoms with Crippen molar-refractivity contribution in [2.75, 3.05) is 13.1 Å². The van der Waals surface area contributed by atoms with Crippen LogP contribution in [0.15, 0.2) is 48.5 Å². The number of nitrogens with zero attached hydrogens (tertiary/aromatic N) is 1. The number of carbonyl (C=O) groups excluding carboxylic acids is 1. The fourth-order valence-electron chi connectivity index (χ4n) is 3.46. The van der Waals surface area contributed by atoms with Crippen LogP contribution in [-0.4, -0.2) is 30.0 Å². The van der Waals surface area contributed by atoms with E-state index in [-0.39, 0.29) is 5.91 Å². The SMILES string of the molecule is CC[C@@H](Oc1ccccc1Cl)C(=O)NCc1ccc(CN2CCCCC2)cc1. The van der Waals surface area contributed by atoms with E-state index in [0.29, 0.717) is 23.7 Å². The quantitative estimate of drug-likeness (QED) is 0.692. The monoisotopic (exact) mass is 400 g/mol. The Kier molecular flexibility index (Phi) is 7.75. The van der Waals surface area contributed by atoms with Crippen molar-refractivity contribution >= 4 is 17.5 Å². The molecule has 3 rings (SSSR count). The van der Waals surface area contributed by atoms with Gasteiger partial charge in [-0.05, 0) is 55.6 Å². The molecule has 1 saturated heterocycles. The predicted molar refractivity (Wildman–Crippen MR) is 114 cm³/mol. The summed E-state index contributed by atoms with van der Waals surface area (Å²) in [6.45, 7) is 5.82. The first kappa shape index (κ1) is 20.7. The third-order valence-electron chi connectivity index (χ3n) is 5.11. The lowest BCUT2D eigenvalue weighted by Crippen LogP contribution is -2.37. The Balaban J connectivity index is 1.49. The second-order valence-electron chi connectivity index (χ2n) is 7.32. The first-order valence-electron chi connectivity index (χ1n) is 10.1. The molecular weight excluding hydrogens is 372 g/mol. The van der Waals surface area contributed by atoms with Crippen molar-refractivity contribution < 1.29 is 9.53 Å². The van der Waals surface area contributed by atoms with Crippen molar-refractivity contribution in [3.8, 4) is 5.75 Å². The van der Waals surface area contributed by atoms with Crippen LogP contribution in [0.4, 0.5) is 0 Å². The molecule has 1 amide bonds. The number of carbonyl (C=O) groups is 1. The van der Waals surface area contributed by atoms with E-state index in [4.69, 9.17) is 16.3 Å². The molecular formula is C23H29ClN2O2. The maximum Gasteiger partial charge on any atom is 0.261 e. The molecule has 1 aliphatic rings. The molecule has 0 unspecified atom stereocenters. The van der Waals surface area contributed by atoms with Crippen LogP contribution < -0.4 is 10.1 Å². The van der Waals surface area contributed by atoms with Gasteiger partial charge in [-0.2, -0.15) is 0 Å². The zero-order valence-electron chi connectivity index (χ0n) is 16.5. The van der Waals surface area contributed by atoms with E-state index in [2.05, 4.69) is 34.5 Å². The number of ether oxygens (including phenoxy) is 1. The van der Waals surface area contributed by atoms with Gasteiger partial charge in [0.25, 0.3) is 5.91 Å². The molecule has 1 aliphatic heterocycles. The fraction of sp³-hybridized carbons (Fsp3) is 0.435. The van der Waals surface area contributed by atoms with Crippen molar-refractivity contribution in [3.63, 3.8) is 0 Å². The molecule has 0 radical (unpaired) electrons. The van der Waals surface area contributed by atoms with E-state index in [9.17, 15) is 4.79 Å².